The number of aromatic nitrogens is 1. The quantitative estimate of drug-likeness (QED) is 0.854. The smallest absolute Gasteiger partial charge is 0.408 e. The molecule has 0 spiro atoms. The monoisotopic (exact) mass is 247 g/mol. The van der Waals surface area contributed by atoms with Crippen LogP contribution < -0.4 is 16.0 Å². The Morgan fingerprint density at radius 1 is 1.50 bits per heavy atom. The highest BCUT2D eigenvalue weighted by molar-refractivity contribution is 5.76. The predicted molar refractivity (Wildman–Crippen MR) is 71.1 cm³/mol. The molecule has 2 heterocycles. The maximum Gasteiger partial charge on any atom is 0.417 e. The van der Waals surface area contributed by atoms with Crippen LogP contribution in [0.5, 0.6) is 0 Å². The number of nitrogens with one attached hydrogen (secondary N) is 2. The van der Waals surface area contributed by atoms with Gasteiger partial charge in [0.25, 0.3) is 0 Å². The van der Waals surface area contributed by atoms with E-state index in [1.165, 1.54) is 6.42 Å². The van der Waals surface area contributed by atoms with Gasteiger partial charge in [-0.05, 0) is 37.6 Å². The fraction of sp³-hybridized carbons (Fsp3) is 0.462. The first-order valence-electron chi connectivity index (χ1n) is 6.27. The summed E-state index contributed by atoms with van der Waals surface area (Å²) in [7, 11) is 2.07. The van der Waals surface area contributed by atoms with Crippen molar-refractivity contribution in [2.24, 2.45) is 5.92 Å². The number of nitrogens with zero attached hydrogens (tertiary/aromatic N) is 1. The van der Waals surface area contributed by atoms with Crippen LogP contribution >= 0.6 is 0 Å². The second-order valence-corrected chi connectivity index (χ2v) is 4.93. The molecule has 5 nitrogen and oxygen atoms in total. The summed E-state index contributed by atoms with van der Waals surface area (Å²) >= 11 is 0. The topological polar surface area (TPSA) is 61.3 Å². The lowest BCUT2D eigenvalue weighted by Crippen LogP contribution is -2.26. The number of fused-ring (bicyclic) bond motifs is 1. The summed E-state index contributed by atoms with van der Waals surface area (Å²) in [6.45, 7) is 3.23. The van der Waals surface area contributed by atoms with E-state index in [-0.39, 0.29) is 0 Å². The molecule has 0 saturated carbocycles. The van der Waals surface area contributed by atoms with Gasteiger partial charge in [0.2, 0.25) is 0 Å². The lowest BCUT2D eigenvalue weighted by atomic mass is 10.1. The summed E-state index contributed by atoms with van der Waals surface area (Å²) in [5, 5.41) is 3.37. The lowest BCUT2D eigenvalue weighted by Gasteiger charge is -2.22. The normalized spacial score (nSPS) is 19.5. The number of hydrogen-bond acceptors (Lipinski definition) is 4. The van der Waals surface area contributed by atoms with Gasteiger partial charge in [0.1, 0.15) is 0 Å². The second kappa shape index (κ2) is 4.49. The molecule has 0 radical (unpaired) electrons. The van der Waals surface area contributed by atoms with Gasteiger partial charge in [0, 0.05) is 25.3 Å². The van der Waals surface area contributed by atoms with E-state index in [0.29, 0.717) is 11.5 Å². The Morgan fingerprint density at radius 3 is 3.17 bits per heavy atom. The van der Waals surface area contributed by atoms with Crippen molar-refractivity contribution in [1.29, 1.82) is 0 Å². The molecule has 1 aliphatic rings. The van der Waals surface area contributed by atoms with Gasteiger partial charge in [-0.2, -0.15) is 0 Å². The number of anilines is 1. The van der Waals surface area contributed by atoms with E-state index in [2.05, 4.69) is 22.2 Å². The van der Waals surface area contributed by atoms with Crippen LogP contribution in [0, 0.1) is 5.92 Å². The Balaban J connectivity index is 1.81. The molecule has 96 valence electrons. The largest absolute Gasteiger partial charge is 0.417 e. The molecule has 3 rings (SSSR count). The molecule has 1 atom stereocenters. The fourth-order valence-electron chi connectivity index (χ4n) is 2.53. The van der Waals surface area contributed by atoms with Crippen LogP contribution in [0.4, 0.5) is 5.69 Å². The van der Waals surface area contributed by atoms with Crippen LogP contribution in [0.2, 0.25) is 0 Å². The molecular formula is C13H17N3O2. The molecule has 1 aromatic carbocycles. The average Bonchev–Trinajstić information content (AvgIpc) is 2.95. The minimum Gasteiger partial charge on any atom is -0.408 e. The number of rotatable bonds is 3. The third-order valence-electron chi connectivity index (χ3n) is 3.54. The maximum atomic E-state index is 11.1. The van der Waals surface area contributed by atoms with Crippen molar-refractivity contribution in [2.75, 3.05) is 31.6 Å². The molecule has 5 heteroatoms. The molecule has 1 unspecified atom stereocenters. The highest BCUT2D eigenvalue weighted by Gasteiger charge is 2.17. The van der Waals surface area contributed by atoms with Crippen LogP contribution in [-0.2, 0) is 0 Å². The molecule has 0 amide bonds. The Labute approximate surface area is 105 Å². The first kappa shape index (κ1) is 11.3. The molecular weight excluding hydrogens is 230 g/mol. The summed E-state index contributed by atoms with van der Waals surface area (Å²) in [5.74, 6) is 0.300. The van der Waals surface area contributed by atoms with Gasteiger partial charge < -0.3 is 14.6 Å². The second-order valence-electron chi connectivity index (χ2n) is 4.93. The molecule has 0 aliphatic carbocycles. The first-order chi connectivity index (χ1) is 8.72. The summed E-state index contributed by atoms with van der Waals surface area (Å²) in [6, 6.07) is 5.81. The van der Waals surface area contributed by atoms with Crippen molar-refractivity contribution < 1.29 is 4.42 Å². The van der Waals surface area contributed by atoms with Gasteiger partial charge in [-0.15, -0.1) is 0 Å². The third kappa shape index (κ3) is 2.13. The van der Waals surface area contributed by atoms with E-state index in [4.69, 9.17) is 4.42 Å². The fourth-order valence-corrected chi connectivity index (χ4v) is 2.53. The maximum absolute atomic E-state index is 11.1. The minimum absolute atomic E-state index is 0.398. The molecule has 1 aliphatic heterocycles. The van der Waals surface area contributed by atoms with Crippen molar-refractivity contribution in [3.8, 4) is 0 Å². The molecule has 2 N–H and O–H groups in total. The van der Waals surface area contributed by atoms with Crippen LogP contribution in [0.25, 0.3) is 11.1 Å². The number of hydrogen-bond donors (Lipinski definition) is 2. The van der Waals surface area contributed by atoms with Crippen molar-refractivity contribution in [2.45, 2.75) is 6.42 Å². The zero-order valence-electron chi connectivity index (χ0n) is 10.4. The summed E-state index contributed by atoms with van der Waals surface area (Å²) in [6.07, 6.45) is 1.23. The van der Waals surface area contributed by atoms with Crippen molar-refractivity contribution in [3.05, 3.63) is 28.7 Å². The standard InChI is InChI=1S/C13H17N3O2/c1-16(8-9-4-5-14-7-9)10-2-3-11-12(6-10)18-13(17)15-11/h2-3,6,9,14H,4-5,7-8H2,1H3,(H,15,17). The molecule has 0 bridgehead atoms. The zero-order valence-corrected chi connectivity index (χ0v) is 10.4. The SMILES string of the molecule is CN(CC1CCNC1)c1ccc2[nH]c(=O)oc2c1. The highest BCUT2D eigenvalue weighted by Crippen LogP contribution is 2.21. The Hall–Kier alpha value is -1.75. The van der Waals surface area contributed by atoms with Crippen LogP contribution in [-0.4, -0.2) is 31.7 Å². The van der Waals surface area contributed by atoms with Crippen molar-refractivity contribution in [1.82, 2.24) is 10.3 Å². The van der Waals surface area contributed by atoms with Gasteiger partial charge in [-0.1, -0.05) is 0 Å². The number of aromatic amines is 1. The van der Waals surface area contributed by atoms with Gasteiger partial charge in [-0.3, -0.25) is 4.98 Å². The van der Waals surface area contributed by atoms with Gasteiger partial charge in [0.05, 0.1) is 5.52 Å². The predicted octanol–water partition coefficient (Wildman–Crippen LogP) is 1.17. The Bertz CT molecular complexity index is 596. The highest BCUT2D eigenvalue weighted by atomic mass is 16.4. The Morgan fingerprint density at radius 2 is 2.39 bits per heavy atom. The van der Waals surface area contributed by atoms with Crippen molar-refractivity contribution in [3.63, 3.8) is 0 Å². The van der Waals surface area contributed by atoms with Crippen molar-refractivity contribution >= 4 is 16.8 Å². The molecule has 1 aromatic heterocycles. The molecule has 1 fully saturated rings. The first-order valence-corrected chi connectivity index (χ1v) is 6.27. The van der Waals surface area contributed by atoms with Gasteiger partial charge >= 0.3 is 5.76 Å². The van der Waals surface area contributed by atoms with Crippen LogP contribution in [0.3, 0.4) is 0 Å². The molecule has 2 aromatic rings. The zero-order chi connectivity index (χ0) is 12.5. The summed E-state index contributed by atoms with van der Waals surface area (Å²) in [4.78, 5) is 16.0. The minimum atomic E-state index is -0.398. The van der Waals surface area contributed by atoms with E-state index in [9.17, 15) is 4.79 Å². The average molecular weight is 247 g/mol. The molecule has 18 heavy (non-hydrogen) atoms. The van der Waals surface area contributed by atoms with E-state index >= 15 is 0 Å². The van der Waals surface area contributed by atoms with E-state index in [0.717, 1.165) is 30.8 Å². The van der Waals surface area contributed by atoms with Gasteiger partial charge in [-0.25, -0.2) is 4.79 Å². The van der Waals surface area contributed by atoms with Crippen LogP contribution in [0.15, 0.2) is 27.4 Å². The lowest BCUT2D eigenvalue weighted by molar-refractivity contribution is 0.554. The van der Waals surface area contributed by atoms with Gasteiger partial charge in [0.15, 0.2) is 5.58 Å². The number of oxazole rings is 1. The van der Waals surface area contributed by atoms with E-state index in [1.807, 2.05) is 18.2 Å². The number of H-pyrrole nitrogens is 1. The summed E-state index contributed by atoms with van der Waals surface area (Å²) in [5.41, 5.74) is 2.45. The molecule has 1 saturated heterocycles. The number of benzene rings is 1. The van der Waals surface area contributed by atoms with E-state index in [1.54, 1.807) is 0 Å². The summed E-state index contributed by atoms with van der Waals surface area (Å²) < 4.78 is 5.08. The third-order valence-corrected chi connectivity index (χ3v) is 3.54. The Kier molecular flexibility index (Phi) is 2.83. The van der Waals surface area contributed by atoms with E-state index < -0.39 is 5.76 Å². The van der Waals surface area contributed by atoms with Crippen LogP contribution in [0.1, 0.15) is 6.42 Å².